The Labute approximate surface area is 137 Å². The van der Waals surface area contributed by atoms with Crippen LogP contribution in [0.4, 0.5) is 0 Å². The second kappa shape index (κ2) is 4.16. The second-order valence-electron chi connectivity index (χ2n) is 5.59. The first-order valence-electron chi connectivity index (χ1n) is 7.17. The zero-order valence-electron chi connectivity index (χ0n) is 11.8. The minimum atomic E-state index is -3.53. The zero-order chi connectivity index (χ0) is 15.8. The van der Waals surface area contributed by atoms with E-state index in [-0.39, 0.29) is 0 Å². The Morgan fingerprint density at radius 2 is 1.57 bits per heavy atom. The Balaban J connectivity index is 2.21. The molecule has 2 heterocycles. The van der Waals surface area contributed by atoms with Gasteiger partial charge in [-0.3, -0.25) is 0 Å². The van der Waals surface area contributed by atoms with Gasteiger partial charge in [-0.05, 0) is 30.3 Å². The fourth-order valence-electron chi connectivity index (χ4n) is 3.50. The highest BCUT2D eigenvalue weighted by molar-refractivity contribution is 7.92. The molecule has 0 unspecified atom stereocenters. The summed E-state index contributed by atoms with van der Waals surface area (Å²) in [6.45, 7) is 0. The Morgan fingerprint density at radius 3 is 2.43 bits per heavy atom. The standard InChI is InChI=1S/C18H10ClNO2S/c19-12-6-4-8-14-17(12)11-5-3-10-16-18(11)20(14)13-7-1-2-9-15(13)23(16,21)22/h1-10H. The molecule has 5 heteroatoms. The number of sulfone groups is 1. The van der Waals surface area contributed by atoms with E-state index >= 15 is 0 Å². The third-order valence-corrected chi connectivity index (χ3v) is 6.56. The van der Waals surface area contributed by atoms with Crippen LogP contribution in [-0.2, 0) is 9.84 Å². The Bertz CT molecular complexity index is 1240. The molecule has 0 aliphatic carbocycles. The van der Waals surface area contributed by atoms with Crippen molar-refractivity contribution in [2.24, 2.45) is 0 Å². The molecule has 0 saturated heterocycles. The van der Waals surface area contributed by atoms with Gasteiger partial charge in [-0.25, -0.2) is 8.42 Å². The molecule has 1 aliphatic heterocycles. The molecule has 3 nitrogen and oxygen atoms in total. The number of para-hydroxylation sites is 2. The van der Waals surface area contributed by atoms with Crippen LogP contribution in [0.2, 0.25) is 5.02 Å². The van der Waals surface area contributed by atoms with Crippen LogP contribution < -0.4 is 0 Å². The van der Waals surface area contributed by atoms with Gasteiger partial charge in [0.25, 0.3) is 0 Å². The van der Waals surface area contributed by atoms with E-state index < -0.39 is 9.84 Å². The molecule has 0 N–H and O–H groups in total. The van der Waals surface area contributed by atoms with Gasteiger partial charge in [0.1, 0.15) is 0 Å². The van der Waals surface area contributed by atoms with Gasteiger partial charge in [0.15, 0.2) is 0 Å². The number of rotatable bonds is 0. The summed E-state index contributed by atoms with van der Waals surface area (Å²) in [6.07, 6.45) is 0. The molecule has 0 bridgehead atoms. The van der Waals surface area contributed by atoms with Crippen LogP contribution in [0.1, 0.15) is 0 Å². The summed E-state index contributed by atoms with van der Waals surface area (Å²) in [6, 6.07) is 18.1. The lowest BCUT2D eigenvalue weighted by Gasteiger charge is -2.20. The minimum Gasteiger partial charge on any atom is -0.307 e. The van der Waals surface area contributed by atoms with Gasteiger partial charge in [-0.15, -0.1) is 0 Å². The van der Waals surface area contributed by atoms with Crippen molar-refractivity contribution in [3.8, 4) is 5.69 Å². The maximum absolute atomic E-state index is 13.0. The van der Waals surface area contributed by atoms with Crippen molar-refractivity contribution in [1.82, 2.24) is 4.57 Å². The molecule has 1 aliphatic rings. The van der Waals surface area contributed by atoms with Gasteiger partial charge in [0.05, 0.1) is 31.5 Å². The fourth-order valence-corrected chi connectivity index (χ4v) is 5.41. The lowest BCUT2D eigenvalue weighted by atomic mass is 10.1. The lowest BCUT2D eigenvalue weighted by Crippen LogP contribution is -2.14. The molecule has 3 aromatic carbocycles. The highest BCUT2D eigenvalue weighted by atomic mass is 35.5. The van der Waals surface area contributed by atoms with Crippen molar-refractivity contribution < 1.29 is 8.42 Å². The average Bonchev–Trinajstić information content (AvgIpc) is 2.89. The van der Waals surface area contributed by atoms with Crippen LogP contribution in [0.25, 0.3) is 27.5 Å². The van der Waals surface area contributed by atoms with Crippen LogP contribution in [0.5, 0.6) is 0 Å². The van der Waals surface area contributed by atoms with Gasteiger partial charge in [0, 0.05) is 10.8 Å². The van der Waals surface area contributed by atoms with E-state index in [0.29, 0.717) is 26.0 Å². The Hall–Kier alpha value is -2.30. The maximum atomic E-state index is 13.0. The smallest absolute Gasteiger partial charge is 0.210 e. The van der Waals surface area contributed by atoms with Crippen molar-refractivity contribution in [3.05, 3.63) is 65.7 Å². The number of hydrogen-bond acceptors (Lipinski definition) is 2. The van der Waals surface area contributed by atoms with Crippen LogP contribution >= 0.6 is 11.6 Å². The number of hydrogen-bond donors (Lipinski definition) is 0. The molecule has 0 fully saturated rings. The van der Waals surface area contributed by atoms with E-state index in [1.54, 1.807) is 24.3 Å². The minimum absolute atomic E-state index is 0.331. The summed E-state index contributed by atoms with van der Waals surface area (Å²) < 4.78 is 28.0. The number of fused-ring (bicyclic) bond motifs is 5. The summed E-state index contributed by atoms with van der Waals surface area (Å²) in [7, 11) is -3.53. The quantitative estimate of drug-likeness (QED) is 0.414. The van der Waals surface area contributed by atoms with E-state index in [1.807, 2.05) is 41.0 Å². The maximum Gasteiger partial charge on any atom is 0.210 e. The van der Waals surface area contributed by atoms with E-state index in [2.05, 4.69) is 0 Å². The predicted molar refractivity (Wildman–Crippen MR) is 91.2 cm³/mol. The van der Waals surface area contributed by atoms with E-state index in [0.717, 1.165) is 16.3 Å². The molecule has 0 atom stereocenters. The average molecular weight is 340 g/mol. The SMILES string of the molecule is O=S1(=O)c2ccccc2-n2c3cccc(Cl)c3c3cccc1c32. The van der Waals surface area contributed by atoms with Crippen molar-refractivity contribution in [2.45, 2.75) is 9.79 Å². The highest BCUT2D eigenvalue weighted by Crippen LogP contribution is 2.44. The van der Waals surface area contributed by atoms with Crippen molar-refractivity contribution in [2.75, 3.05) is 0 Å². The first-order valence-corrected chi connectivity index (χ1v) is 9.03. The largest absolute Gasteiger partial charge is 0.307 e. The van der Waals surface area contributed by atoms with E-state index in [4.69, 9.17) is 11.6 Å². The van der Waals surface area contributed by atoms with Crippen LogP contribution in [0.3, 0.4) is 0 Å². The van der Waals surface area contributed by atoms with Crippen LogP contribution in [0, 0.1) is 0 Å². The Kier molecular flexibility index (Phi) is 2.38. The first-order chi connectivity index (χ1) is 11.1. The van der Waals surface area contributed by atoms with Gasteiger partial charge in [-0.2, -0.15) is 0 Å². The fraction of sp³-hybridized carbons (Fsp3) is 0. The third kappa shape index (κ3) is 1.47. The molecular weight excluding hydrogens is 330 g/mol. The zero-order valence-corrected chi connectivity index (χ0v) is 13.4. The molecule has 112 valence electrons. The number of halogens is 1. The third-order valence-electron chi connectivity index (χ3n) is 4.41. The van der Waals surface area contributed by atoms with Gasteiger partial charge >= 0.3 is 0 Å². The van der Waals surface area contributed by atoms with Gasteiger partial charge in [-0.1, -0.05) is 41.9 Å². The van der Waals surface area contributed by atoms with Crippen molar-refractivity contribution in [3.63, 3.8) is 0 Å². The molecule has 0 radical (unpaired) electrons. The predicted octanol–water partition coefficient (Wildman–Crippen LogP) is 4.58. The van der Waals surface area contributed by atoms with Crippen LogP contribution in [0.15, 0.2) is 70.5 Å². The van der Waals surface area contributed by atoms with Gasteiger partial charge < -0.3 is 4.57 Å². The Morgan fingerprint density at radius 1 is 0.826 bits per heavy atom. The molecule has 4 aromatic rings. The first kappa shape index (κ1) is 13.2. The lowest BCUT2D eigenvalue weighted by molar-refractivity contribution is 0.595. The number of benzene rings is 3. The highest BCUT2D eigenvalue weighted by Gasteiger charge is 2.32. The van der Waals surface area contributed by atoms with Crippen LogP contribution in [-0.4, -0.2) is 13.0 Å². The summed E-state index contributed by atoms with van der Waals surface area (Å²) in [5.41, 5.74) is 2.30. The van der Waals surface area contributed by atoms with Crippen molar-refractivity contribution >= 4 is 43.2 Å². The number of aromatic nitrogens is 1. The molecular formula is C18H10ClNO2S. The molecule has 1 aromatic heterocycles. The molecule has 0 amide bonds. The molecule has 5 rings (SSSR count). The van der Waals surface area contributed by atoms with E-state index in [1.165, 1.54) is 0 Å². The summed E-state index contributed by atoms with van der Waals surface area (Å²) in [5.74, 6) is 0. The topological polar surface area (TPSA) is 39.1 Å². The molecule has 0 spiro atoms. The van der Waals surface area contributed by atoms with Gasteiger partial charge in [0.2, 0.25) is 9.84 Å². The van der Waals surface area contributed by atoms with Crippen molar-refractivity contribution in [1.29, 1.82) is 0 Å². The molecule has 23 heavy (non-hydrogen) atoms. The summed E-state index contributed by atoms with van der Waals surface area (Å²) in [4.78, 5) is 0.665. The second-order valence-corrected chi connectivity index (χ2v) is 7.89. The number of nitrogens with zero attached hydrogens (tertiary/aromatic N) is 1. The summed E-state index contributed by atoms with van der Waals surface area (Å²) in [5, 5.41) is 2.37. The monoisotopic (exact) mass is 339 g/mol. The van der Waals surface area contributed by atoms with E-state index in [9.17, 15) is 8.42 Å². The summed E-state index contributed by atoms with van der Waals surface area (Å²) >= 11 is 6.41. The normalized spacial score (nSPS) is 15.0. The molecule has 0 saturated carbocycles.